The number of halogens is 1. The van der Waals surface area contributed by atoms with Crippen LogP contribution in [0.1, 0.15) is 19.3 Å². The minimum absolute atomic E-state index is 0.157. The van der Waals surface area contributed by atoms with Crippen molar-refractivity contribution in [2.24, 2.45) is 5.92 Å². The normalized spacial score (nSPS) is 19.6. The van der Waals surface area contributed by atoms with Gasteiger partial charge in [0.1, 0.15) is 0 Å². The summed E-state index contributed by atoms with van der Waals surface area (Å²) >= 11 is 5.74. The third-order valence-corrected chi connectivity index (χ3v) is 3.50. The van der Waals surface area contributed by atoms with Gasteiger partial charge in [0.15, 0.2) is 0 Å². The quantitative estimate of drug-likeness (QED) is 0.886. The highest BCUT2D eigenvalue weighted by molar-refractivity contribution is 6.30. The first-order valence-electron chi connectivity index (χ1n) is 6.44. The standard InChI is InChI=1S/C14H16ClNO4/c15-9-3-5-10(6-4-9)16-13(17)8-11(14(18)19)12-2-1-7-20-12/h3-6,11-12H,1-2,7-8H2,(H,16,17)(H,18,19)/p-1/t11-,12-/m0/s1. The molecule has 1 aliphatic rings. The number of anilines is 1. The Kier molecular flexibility index (Phi) is 4.98. The number of rotatable bonds is 5. The molecule has 1 N–H and O–H groups in total. The predicted octanol–water partition coefficient (Wildman–Crippen LogP) is 1.21. The Balaban J connectivity index is 1.94. The monoisotopic (exact) mass is 296 g/mol. The van der Waals surface area contributed by atoms with Crippen molar-refractivity contribution < 1.29 is 19.4 Å². The average molecular weight is 297 g/mol. The van der Waals surface area contributed by atoms with Crippen LogP contribution in [0.25, 0.3) is 0 Å². The summed E-state index contributed by atoms with van der Waals surface area (Å²) in [5.74, 6) is -2.54. The van der Waals surface area contributed by atoms with E-state index < -0.39 is 18.0 Å². The molecule has 2 atom stereocenters. The van der Waals surface area contributed by atoms with Crippen LogP contribution < -0.4 is 10.4 Å². The number of amides is 1. The number of carboxylic acids is 1. The molecule has 108 valence electrons. The van der Waals surface area contributed by atoms with Crippen LogP contribution in [0.4, 0.5) is 5.69 Å². The fourth-order valence-corrected chi connectivity index (χ4v) is 2.36. The summed E-state index contributed by atoms with van der Waals surface area (Å²) in [6, 6.07) is 6.60. The van der Waals surface area contributed by atoms with E-state index in [1.165, 1.54) is 0 Å². The summed E-state index contributed by atoms with van der Waals surface area (Å²) in [5, 5.41) is 14.3. The van der Waals surface area contributed by atoms with E-state index in [9.17, 15) is 14.7 Å². The zero-order valence-electron chi connectivity index (χ0n) is 10.8. The van der Waals surface area contributed by atoms with E-state index in [-0.39, 0.29) is 12.3 Å². The molecule has 1 fully saturated rings. The molecule has 6 heteroatoms. The fourth-order valence-electron chi connectivity index (χ4n) is 2.23. The van der Waals surface area contributed by atoms with Crippen molar-refractivity contribution in [1.29, 1.82) is 0 Å². The molecule has 0 spiro atoms. The van der Waals surface area contributed by atoms with Crippen molar-refractivity contribution in [3.8, 4) is 0 Å². The summed E-state index contributed by atoms with van der Waals surface area (Å²) in [7, 11) is 0. The number of benzene rings is 1. The van der Waals surface area contributed by atoms with E-state index in [2.05, 4.69) is 5.32 Å². The summed E-state index contributed by atoms with van der Waals surface area (Å²) in [5.41, 5.74) is 0.573. The number of hydrogen-bond acceptors (Lipinski definition) is 4. The van der Waals surface area contributed by atoms with Gasteiger partial charge in [0.05, 0.1) is 6.10 Å². The Morgan fingerprint density at radius 3 is 2.65 bits per heavy atom. The lowest BCUT2D eigenvalue weighted by Gasteiger charge is -2.23. The Bertz CT molecular complexity index is 482. The first-order chi connectivity index (χ1) is 9.56. The van der Waals surface area contributed by atoms with Crippen LogP contribution in [-0.4, -0.2) is 24.6 Å². The van der Waals surface area contributed by atoms with Crippen molar-refractivity contribution in [2.45, 2.75) is 25.4 Å². The number of carbonyl (C=O) groups excluding carboxylic acids is 2. The third-order valence-electron chi connectivity index (χ3n) is 3.25. The molecule has 20 heavy (non-hydrogen) atoms. The van der Waals surface area contributed by atoms with Gasteiger partial charge >= 0.3 is 0 Å². The summed E-state index contributed by atoms with van der Waals surface area (Å²) < 4.78 is 5.32. The Morgan fingerprint density at radius 2 is 2.10 bits per heavy atom. The van der Waals surface area contributed by atoms with Gasteiger partial charge in [-0.3, -0.25) is 4.79 Å². The maximum Gasteiger partial charge on any atom is 0.225 e. The van der Waals surface area contributed by atoms with Gasteiger partial charge in [-0.15, -0.1) is 0 Å². The lowest BCUT2D eigenvalue weighted by molar-refractivity contribution is -0.314. The highest BCUT2D eigenvalue weighted by Gasteiger charge is 2.28. The van der Waals surface area contributed by atoms with Crippen LogP contribution in [0, 0.1) is 5.92 Å². The van der Waals surface area contributed by atoms with E-state index in [4.69, 9.17) is 16.3 Å². The molecule has 1 aliphatic heterocycles. The van der Waals surface area contributed by atoms with Crippen LogP contribution >= 0.6 is 11.6 Å². The van der Waals surface area contributed by atoms with Gasteiger partial charge in [-0.25, -0.2) is 0 Å². The number of aliphatic carboxylic acids is 1. The zero-order chi connectivity index (χ0) is 14.5. The van der Waals surface area contributed by atoms with Gasteiger partial charge in [-0.2, -0.15) is 0 Å². The van der Waals surface area contributed by atoms with Gasteiger partial charge in [0.25, 0.3) is 0 Å². The molecule has 2 rings (SSSR count). The lowest BCUT2D eigenvalue weighted by Crippen LogP contribution is -2.40. The van der Waals surface area contributed by atoms with Crippen molar-refractivity contribution in [3.05, 3.63) is 29.3 Å². The molecule has 1 heterocycles. The van der Waals surface area contributed by atoms with E-state index in [1.54, 1.807) is 24.3 Å². The summed E-state index contributed by atoms with van der Waals surface area (Å²) in [6.45, 7) is 0.535. The number of carboxylic acid groups (broad SMARTS) is 1. The lowest BCUT2D eigenvalue weighted by atomic mass is 9.96. The first-order valence-corrected chi connectivity index (χ1v) is 6.82. The predicted molar refractivity (Wildman–Crippen MR) is 72.2 cm³/mol. The molecule has 0 unspecified atom stereocenters. The second-order valence-electron chi connectivity index (χ2n) is 4.74. The summed E-state index contributed by atoms with van der Waals surface area (Å²) in [6.07, 6.45) is 0.867. The molecular weight excluding hydrogens is 282 g/mol. The minimum atomic E-state index is -1.25. The molecule has 1 aromatic rings. The highest BCUT2D eigenvalue weighted by atomic mass is 35.5. The van der Waals surface area contributed by atoms with Gasteiger partial charge < -0.3 is 20.0 Å². The minimum Gasteiger partial charge on any atom is -0.550 e. The third kappa shape index (κ3) is 3.95. The number of ether oxygens (including phenoxy) is 1. The first kappa shape index (κ1) is 14.8. The van der Waals surface area contributed by atoms with Crippen molar-refractivity contribution in [3.63, 3.8) is 0 Å². The average Bonchev–Trinajstić information content (AvgIpc) is 2.92. The van der Waals surface area contributed by atoms with E-state index in [1.807, 2.05) is 0 Å². The number of carbonyl (C=O) groups is 2. The molecule has 1 saturated heterocycles. The van der Waals surface area contributed by atoms with Crippen LogP contribution in [0.5, 0.6) is 0 Å². The SMILES string of the molecule is O=C(C[C@H](C(=O)[O-])[C@@H]1CCCO1)Nc1ccc(Cl)cc1. The van der Waals surface area contributed by atoms with Crippen molar-refractivity contribution >= 4 is 29.2 Å². The second kappa shape index (κ2) is 6.72. The molecule has 0 saturated carbocycles. The molecule has 5 nitrogen and oxygen atoms in total. The highest BCUT2D eigenvalue weighted by Crippen LogP contribution is 2.23. The zero-order valence-corrected chi connectivity index (χ0v) is 11.6. The van der Waals surface area contributed by atoms with Crippen molar-refractivity contribution in [1.82, 2.24) is 0 Å². The molecule has 0 radical (unpaired) electrons. The topological polar surface area (TPSA) is 78.5 Å². The van der Waals surface area contributed by atoms with Crippen LogP contribution in [0.3, 0.4) is 0 Å². The van der Waals surface area contributed by atoms with Gasteiger partial charge in [-0.05, 0) is 37.1 Å². The van der Waals surface area contributed by atoms with Crippen molar-refractivity contribution in [2.75, 3.05) is 11.9 Å². The van der Waals surface area contributed by atoms with Crippen LogP contribution in [0.2, 0.25) is 5.02 Å². The van der Waals surface area contributed by atoms with Gasteiger partial charge in [-0.1, -0.05) is 11.6 Å². The molecule has 0 aromatic heterocycles. The van der Waals surface area contributed by atoms with E-state index in [0.717, 1.165) is 6.42 Å². The van der Waals surface area contributed by atoms with E-state index in [0.29, 0.717) is 23.7 Å². The number of nitrogens with one attached hydrogen (secondary N) is 1. The van der Waals surface area contributed by atoms with Crippen LogP contribution in [0.15, 0.2) is 24.3 Å². The van der Waals surface area contributed by atoms with Gasteiger partial charge in [0, 0.05) is 35.6 Å². The molecule has 0 bridgehead atoms. The Morgan fingerprint density at radius 1 is 1.40 bits per heavy atom. The maximum atomic E-state index is 11.9. The van der Waals surface area contributed by atoms with Gasteiger partial charge in [0.2, 0.25) is 5.91 Å². The second-order valence-corrected chi connectivity index (χ2v) is 5.17. The molecule has 0 aliphatic carbocycles. The van der Waals surface area contributed by atoms with E-state index >= 15 is 0 Å². The fraction of sp³-hybridized carbons (Fsp3) is 0.429. The molecule has 1 amide bonds. The smallest absolute Gasteiger partial charge is 0.225 e. The Hall–Kier alpha value is -1.59. The van der Waals surface area contributed by atoms with Crippen LogP contribution in [-0.2, 0) is 14.3 Å². The maximum absolute atomic E-state index is 11.9. The summed E-state index contributed by atoms with van der Waals surface area (Å²) in [4.78, 5) is 23.0. The Labute approximate surface area is 121 Å². The largest absolute Gasteiger partial charge is 0.550 e. The molecular formula is C14H15ClNO4-. The number of hydrogen-bond donors (Lipinski definition) is 1. The molecule has 1 aromatic carbocycles.